The summed E-state index contributed by atoms with van der Waals surface area (Å²) in [6.45, 7) is 5.29. The van der Waals surface area contributed by atoms with Crippen LogP contribution >= 0.6 is 0 Å². The average molecular weight is 294 g/mol. The Morgan fingerprint density at radius 2 is 1.86 bits per heavy atom. The minimum Gasteiger partial charge on any atom is -0.444 e. The highest BCUT2D eigenvalue weighted by Crippen LogP contribution is 2.14. The van der Waals surface area contributed by atoms with Crippen molar-refractivity contribution in [3.63, 3.8) is 0 Å². The Balaban J connectivity index is 2.59. The lowest BCUT2D eigenvalue weighted by Gasteiger charge is -2.23. The van der Waals surface area contributed by atoms with E-state index in [0.717, 1.165) is 11.3 Å². The zero-order valence-electron chi connectivity index (χ0n) is 13.5. The number of hydrogen-bond acceptors (Lipinski definition) is 4. The molecule has 118 valence electrons. The molecule has 0 radical (unpaired) electrons. The molecule has 0 aliphatic rings. The Labute approximate surface area is 126 Å². The van der Waals surface area contributed by atoms with Crippen LogP contribution in [-0.4, -0.2) is 43.5 Å². The molecule has 0 heterocycles. The van der Waals surface area contributed by atoms with Gasteiger partial charge in [0.2, 0.25) is 0 Å². The van der Waals surface area contributed by atoms with Crippen LogP contribution in [0, 0.1) is 0 Å². The van der Waals surface area contributed by atoms with E-state index in [2.05, 4.69) is 5.32 Å². The van der Waals surface area contributed by atoms with E-state index in [1.165, 1.54) is 0 Å². The number of rotatable bonds is 5. The third-order valence-electron chi connectivity index (χ3n) is 2.88. The Bertz CT molecular complexity index is 450. The number of ether oxygens (including phenoxy) is 1. The van der Waals surface area contributed by atoms with Gasteiger partial charge >= 0.3 is 6.09 Å². The highest BCUT2D eigenvalue weighted by atomic mass is 16.6. The summed E-state index contributed by atoms with van der Waals surface area (Å²) in [5.74, 6) is 0. The van der Waals surface area contributed by atoms with Crippen molar-refractivity contribution in [1.29, 1.82) is 0 Å². The van der Waals surface area contributed by atoms with Gasteiger partial charge in [0.25, 0.3) is 0 Å². The van der Waals surface area contributed by atoms with Crippen LogP contribution in [0.5, 0.6) is 0 Å². The van der Waals surface area contributed by atoms with Crippen LogP contribution in [0.1, 0.15) is 26.3 Å². The standard InChI is InChI=1S/C16H26N2O3/c1-16(2,3)21-15(20)17-13(11-19)10-12-6-8-14(9-7-12)18(4)5/h6-9,13,19H,10-11H2,1-5H3,(H,17,20)/t13-/m0/s1. The van der Waals surface area contributed by atoms with Gasteiger partial charge in [-0.1, -0.05) is 12.1 Å². The number of benzene rings is 1. The molecule has 0 aromatic heterocycles. The maximum absolute atomic E-state index is 11.7. The molecule has 1 atom stereocenters. The summed E-state index contributed by atoms with van der Waals surface area (Å²) in [5, 5.41) is 12.1. The number of nitrogens with zero attached hydrogens (tertiary/aromatic N) is 1. The predicted octanol–water partition coefficient (Wildman–Crippen LogP) is 2.18. The van der Waals surface area contributed by atoms with E-state index in [-0.39, 0.29) is 12.6 Å². The number of hydrogen-bond donors (Lipinski definition) is 2. The largest absolute Gasteiger partial charge is 0.444 e. The SMILES string of the molecule is CN(C)c1ccc(C[C@@H](CO)NC(=O)OC(C)(C)C)cc1. The molecule has 0 aliphatic heterocycles. The molecule has 0 spiro atoms. The van der Waals surface area contributed by atoms with Gasteiger partial charge in [0.15, 0.2) is 0 Å². The number of amides is 1. The van der Waals surface area contributed by atoms with Crippen molar-refractivity contribution in [2.45, 2.75) is 38.8 Å². The molecule has 5 nitrogen and oxygen atoms in total. The Morgan fingerprint density at radius 1 is 1.29 bits per heavy atom. The minimum atomic E-state index is -0.544. The Hall–Kier alpha value is -1.75. The third-order valence-corrected chi connectivity index (χ3v) is 2.88. The lowest BCUT2D eigenvalue weighted by molar-refractivity contribution is 0.0483. The summed E-state index contributed by atoms with van der Waals surface area (Å²) in [5.41, 5.74) is 1.62. The second kappa shape index (κ2) is 7.31. The van der Waals surface area contributed by atoms with Crippen molar-refractivity contribution in [3.8, 4) is 0 Å². The Kier molecular flexibility index (Phi) is 6.03. The van der Waals surface area contributed by atoms with Gasteiger partial charge in [-0.3, -0.25) is 0 Å². The predicted molar refractivity (Wildman–Crippen MR) is 84.7 cm³/mol. The van der Waals surface area contributed by atoms with Crippen molar-refractivity contribution < 1.29 is 14.6 Å². The quantitative estimate of drug-likeness (QED) is 0.874. The fraction of sp³-hybridized carbons (Fsp3) is 0.562. The Morgan fingerprint density at radius 3 is 2.29 bits per heavy atom. The van der Waals surface area contributed by atoms with Crippen LogP contribution in [0.2, 0.25) is 0 Å². The zero-order chi connectivity index (χ0) is 16.0. The molecule has 5 heteroatoms. The second-order valence-corrected chi connectivity index (χ2v) is 6.29. The molecular formula is C16H26N2O3. The molecular weight excluding hydrogens is 268 g/mol. The van der Waals surface area contributed by atoms with Gasteiger partial charge in [-0.25, -0.2) is 4.79 Å². The molecule has 21 heavy (non-hydrogen) atoms. The van der Waals surface area contributed by atoms with E-state index in [0.29, 0.717) is 6.42 Å². The molecule has 0 aliphatic carbocycles. The van der Waals surface area contributed by atoms with E-state index in [1.54, 1.807) is 20.8 Å². The highest BCUT2D eigenvalue weighted by Gasteiger charge is 2.19. The van der Waals surface area contributed by atoms with Gasteiger partial charge in [-0.2, -0.15) is 0 Å². The number of aliphatic hydroxyl groups excluding tert-OH is 1. The van der Waals surface area contributed by atoms with Crippen LogP contribution in [-0.2, 0) is 11.2 Å². The topological polar surface area (TPSA) is 61.8 Å². The number of aliphatic hydroxyl groups is 1. The van der Waals surface area contributed by atoms with E-state index < -0.39 is 11.7 Å². The molecule has 1 aromatic carbocycles. The van der Waals surface area contributed by atoms with Gasteiger partial charge in [0, 0.05) is 19.8 Å². The maximum Gasteiger partial charge on any atom is 0.407 e. The fourth-order valence-corrected chi connectivity index (χ4v) is 1.85. The van der Waals surface area contributed by atoms with Gasteiger partial charge in [0.1, 0.15) is 5.60 Å². The molecule has 0 unspecified atom stereocenters. The fourth-order valence-electron chi connectivity index (χ4n) is 1.85. The van der Waals surface area contributed by atoms with Gasteiger partial charge in [-0.15, -0.1) is 0 Å². The number of anilines is 1. The van der Waals surface area contributed by atoms with Crippen molar-refractivity contribution in [1.82, 2.24) is 5.32 Å². The molecule has 2 N–H and O–H groups in total. The second-order valence-electron chi connectivity index (χ2n) is 6.29. The van der Waals surface area contributed by atoms with E-state index in [4.69, 9.17) is 4.74 Å². The zero-order valence-corrected chi connectivity index (χ0v) is 13.5. The number of alkyl carbamates (subject to hydrolysis) is 1. The monoisotopic (exact) mass is 294 g/mol. The van der Waals surface area contributed by atoms with Gasteiger partial charge in [0.05, 0.1) is 12.6 Å². The van der Waals surface area contributed by atoms with Crippen LogP contribution in [0.25, 0.3) is 0 Å². The van der Waals surface area contributed by atoms with Crippen molar-refractivity contribution in [2.24, 2.45) is 0 Å². The summed E-state index contributed by atoms with van der Waals surface area (Å²) in [6, 6.07) is 7.66. The molecule has 0 fully saturated rings. The lowest BCUT2D eigenvalue weighted by Crippen LogP contribution is -2.42. The summed E-state index contributed by atoms with van der Waals surface area (Å²) in [6.07, 6.45) is 0.0511. The summed E-state index contributed by atoms with van der Waals surface area (Å²) in [7, 11) is 3.96. The summed E-state index contributed by atoms with van der Waals surface area (Å²) >= 11 is 0. The first kappa shape index (κ1) is 17.3. The molecule has 1 aromatic rings. The van der Waals surface area contributed by atoms with E-state index >= 15 is 0 Å². The van der Waals surface area contributed by atoms with Crippen molar-refractivity contribution in [2.75, 3.05) is 25.6 Å². The van der Waals surface area contributed by atoms with Crippen LogP contribution in [0.15, 0.2) is 24.3 Å². The minimum absolute atomic E-state index is 0.130. The van der Waals surface area contributed by atoms with E-state index in [1.807, 2.05) is 43.3 Å². The maximum atomic E-state index is 11.7. The molecule has 0 bridgehead atoms. The molecule has 1 rings (SSSR count). The number of carbonyl (C=O) groups is 1. The molecule has 0 saturated heterocycles. The molecule has 1 amide bonds. The van der Waals surface area contributed by atoms with E-state index in [9.17, 15) is 9.90 Å². The van der Waals surface area contributed by atoms with Crippen LogP contribution in [0.4, 0.5) is 10.5 Å². The first-order valence-corrected chi connectivity index (χ1v) is 7.08. The average Bonchev–Trinajstić information content (AvgIpc) is 2.36. The van der Waals surface area contributed by atoms with Crippen LogP contribution in [0.3, 0.4) is 0 Å². The normalized spacial score (nSPS) is 12.7. The number of nitrogens with one attached hydrogen (secondary N) is 1. The smallest absolute Gasteiger partial charge is 0.407 e. The first-order chi connectivity index (χ1) is 9.71. The summed E-state index contributed by atoms with van der Waals surface area (Å²) in [4.78, 5) is 13.7. The first-order valence-electron chi connectivity index (χ1n) is 7.08. The lowest BCUT2D eigenvalue weighted by atomic mass is 10.1. The highest BCUT2D eigenvalue weighted by molar-refractivity contribution is 5.68. The third kappa shape index (κ3) is 6.49. The summed E-state index contributed by atoms with van der Waals surface area (Å²) < 4.78 is 5.19. The van der Waals surface area contributed by atoms with Crippen molar-refractivity contribution in [3.05, 3.63) is 29.8 Å². The van der Waals surface area contributed by atoms with Gasteiger partial charge in [-0.05, 0) is 44.9 Å². The molecule has 0 saturated carbocycles. The van der Waals surface area contributed by atoms with Gasteiger partial charge < -0.3 is 20.1 Å². The van der Waals surface area contributed by atoms with Crippen LogP contribution < -0.4 is 10.2 Å². The van der Waals surface area contributed by atoms with Crippen molar-refractivity contribution >= 4 is 11.8 Å². The number of carbonyl (C=O) groups excluding carboxylic acids is 1.